The minimum Gasteiger partial charge on any atom is -0.496 e. The summed E-state index contributed by atoms with van der Waals surface area (Å²) in [5.41, 5.74) is 9.06. The van der Waals surface area contributed by atoms with E-state index in [0.29, 0.717) is 10.6 Å². The van der Waals surface area contributed by atoms with Crippen LogP contribution in [0.3, 0.4) is 0 Å². The molecule has 0 aliphatic carbocycles. The molecule has 2 aromatic rings. The molecule has 5 N–H and O–H groups in total. The summed E-state index contributed by atoms with van der Waals surface area (Å²) in [7, 11) is 5.18. The van der Waals surface area contributed by atoms with E-state index >= 15 is 0 Å². The van der Waals surface area contributed by atoms with Crippen molar-refractivity contribution in [3.05, 3.63) is 46.7 Å². The minimum absolute atomic E-state index is 0.0438. The normalized spacial score (nSPS) is 9.76. The van der Waals surface area contributed by atoms with Crippen molar-refractivity contribution in [2.45, 2.75) is 48.0 Å². The summed E-state index contributed by atoms with van der Waals surface area (Å²) in [5.74, 6) is -0.968. The van der Waals surface area contributed by atoms with Crippen LogP contribution in [0.25, 0.3) is 11.1 Å². The number of hydrogen-bond donors (Lipinski definition) is 4. The Morgan fingerprint density at radius 2 is 1.82 bits per heavy atom. The van der Waals surface area contributed by atoms with Crippen molar-refractivity contribution in [2.75, 3.05) is 26.7 Å². The molecule has 0 saturated heterocycles. The summed E-state index contributed by atoms with van der Waals surface area (Å²) < 4.78 is 19.4. The Hall–Kier alpha value is -2.84. The third kappa shape index (κ3) is 10.5. The third-order valence-electron chi connectivity index (χ3n) is 3.84. The lowest BCUT2D eigenvalue weighted by Crippen LogP contribution is -2.16. The van der Waals surface area contributed by atoms with E-state index in [1.807, 2.05) is 59.2 Å². The standard InChI is InChI=1S/C14H13ClFN3O2.C6H14N2.2C2H6/c1-21-10-6-9(16)11(7-3-2-4-8(15)5-7)13(19-20)12(10)14(17)18;1-5-6(2)7-8(3)4;2*1-2/h2-6,19-20H,1H3,(H3,17,18);5H2,1-4H3;2*1-2H3/b;7-6-;;. The number of nitrogen functional groups attached to an aromatic ring is 1. The lowest BCUT2D eigenvalue weighted by Gasteiger charge is -2.17. The molecular formula is C24H39ClFN5O2. The Balaban J connectivity index is 0. The van der Waals surface area contributed by atoms with Crippen LogP contribution < -0.4 is 16.0 Å². The molecule has 186 valence electrons. The highest BCUT2D eigenvalue weighted by Crippen LogP contribution is 2.39. The molecule has 0 aromatic heterocycles. The SMILES string of the molecule is CC.CC.CC/C(C)=N\N(C)C.COc1cc(F)c(-c2cccc(Cl)c2)c(NO)c1C(=N)N. The number of methoxy groups -OCH3 is 1. The van der Waals surface area contributed by atoms with Crippen LogP contribution in [0.2, 0.25) is 5.02 Å². The summed E-state index contributed by atoms with van der Waals surface area (Å²) in [6, 6.07) is 7.56. The monoisotopic (exact) mass is 483 g/mol. The molecule has 0 radical (unpaired) electrons. The Bertz CT molecular complexity index is 889. The smallest absolute Gasteiger partial charge is 0.136 e. The Labute approximate surface area is 202 Å². The molecule has 0 spiro atoms. The highest BCUT2D eigenvalue weighted by atomic mass is 35.5. The van der Waals surface area contributed by atoms with E-state index < -0.39 is 5.82 Å². The van der Waals surface area contributed by atoms with Gasteiger partial charge in [-0.1, -0.05) is 58.4 Å². The first-order chi connectivity index (χ1) is 15.7. The minimum atomic E-state index is -0.643. The average Bonchev–Trinajstić information content (AvgIpc) is 2.80. The second-order valence-electron chi connectivity index (χ2n) is 6.26. The maximum Gasteiger partial charge on any atom is 0.136 e. The number of hydrogen-bond acceptors (Lipinski definition) is 6. The van der Waals surface area contributed by atoms with Crippen LogP contribution in [0.1, 0.15) is 53.5 Å². The number of anilines is 1. The molecular weight excluding hydrogens is 445 g/mol. The number of nitrogens with zero attached hydrogens (tertiary/aromatic N) is 2. The fourth-order valence-corrected chi connectivity index (χ4v) is 2.70. The van der Waals surface area contributed by atoms with E-state index in [2.05, 4.69) is 12.0 Å². The van der Waals surface area contributed by atoms with Gasteiger partial charge in [-0.15, -0.1) is 0 Å². The van der Waals surface area contributed by atoms with Gasteiger partial charge < -0.3 is 15.5 Å². The van der Waals surface area contributed by atoms with Gasteiger partial charge >= 0.3 is 0 Å². The lowest BCUT2D eigenvalue weighted by atomic mass is 9.98. The first-order valence-corrected chi connectivity index (χ1v) is 11.2. The summed E-state index contributed by atoms with van der Waals surface area (Å²) in [4.78, 5) is 0. The van der Waals surface area contributed by atoms with Crippen LogP contribution in [-0.4, -0.2) is 43.0 Å². The summed E-state index contributed by atoms with van der Waals surface area (Å²) >= 11 is 5.91. The van der Waals surface area contributed by atoms with Crippen molar-refractivity contribution in [2.24, 2.45) is 10.8 Å². The van der Waals surface area contributed by atoms with E-state index in [-0.39, 0.29) is 28.4 Å². The molecule has 2 rings (SSSR count). The van der Waals surface area contributed by atoms with Crippen LogP contribution in [0, 0.1) is 11.2 Å². The van der Waals surface area contributed by atoms with Crippen LogP contribution in [-0.2, 0) is 0 Å². The molecule has 0 aliphatic rings. The molecule has 0 unspecified atom stereocenters. The van der Waals surface area contributed by atoms with Crippen LogP contribution in [0.5, 0.6) is 5.75 Å². The van der Waals surface area contributed by atoms with E-state index in [1.165, 1.54) is 18.9 Å². The molecule has 2 aromatic carbocycles. The number of benzene rings is 2. The quantitative estimate of drug-likeness (QED) is 0.209. The number of rotatable bonds is 6. The number of hydrazone groups is 1. The van der Waals surface area contributed by atoms with Crippen molar-refractivity contribution in [3.8, 4) is 16.9 Å². The van der Waals surface area contributed by atoms with Crippen molar-refractivity contribution in [1.29, 1.82) is 5.41 Å². The van der Waals surface area contributed by atoms with Gasteiger partial charge in [0.15, 0.2) is 0 Å². The van der Waals surface area contributed by atoms with Gasteiger partial charge in [-0.25, -0.2) is 4.39 Å². The molecule has 0 saturated carbocycles. The van der Waals surface area contributed by atoms with Gasteiger partial charge in [0.05, 0.1) is 18.4 Å². The number of nitrogens with one attached hydrogen (secondary N) is 2. The molecule has 0 amide bonds. The van der Waals surface area contributed by atoms with Crippen molar-refractivity contribution < 1.29 is 14.3 Å². The van der Waals surface area contributed by atoms with Gasteiger partial charge in [0, 0.05) is 36.5 Å². The van der Waals surface area contributed by atoms with Gasteiger partial charge in [0.25, 0.3) is 0 Å². The first-order valence-electron chi connectivity index (χ1n) is 10.8. The predicted molar refractivity (Wildman–Crippen MR) is 140 cm³/mol. The van der Waals surface area contributed by atoms with E-state index in [0.717, 1.165) is 12.5 Å². The van der Waals surface area contributed by atoms with E-state index in [1.54, 1.807) is 18.2 Å². The molecule has 0 atom stereocenters. The van der Waals surface area contributed by atoms with Gasteiger partial charge in [-0.3, -0.25) is 16.1 Å². The van der Waals surface area contributed by atoms with Crippen LogP contribution in [0.4, 0.5) is 10.1 Å². The maximum absolute atomic E-state index is 14.4. The first kappa shape index (κ1) is 32.3. The number of nitrogens with two attached hydrogens (primary N) is 1. The molecule has 0 heterocycles. The topological polar surface area (TPSA) is 107 Å². The van der Waals surface area contributed by atoms with Gasteiger partial charge in [0.2, 0.25) is 0 Å². The highest BCUT2D eigenvalue weighted by molar-refractivity contribution is 6.30. The van der Waals surface area contributed by atoms with E-state index in [4.69, 9.17) is 27.5 Å². The van der Waals surface area contributed by atoms with Gasteiger partial charge in [0.1, 0.15) is 17.4 Å². The fraction of sp³-hybridized carbons (Fsp3) is 0.417. The maximum atomic E-state index is 14.4. The van der Waals surface area contributed by atoms with E-state index in [9.17, 15) is 9.60 Å². The lowest BCUT2D eigenvalue weighted by molar-refractivity contribution is 0.384. The molecule has 9 heteroatoms. The fourth-order valence-electron chi connectivity index (χ4n) is 2.51. The zero-order valence-corrected chi connectivity index (χ0v) is 21.9. The third-order valence-corrected chi connectivity index (χ3v) is 4.07. The number of amidine groups is 1. The summed E-state index contributed by atoms with van der Waals surface area (Å²) in [5, 5.41) is 23.3. The Morgan fingerprint density at radius 3 is 2.18 bits per heavy atom. The molecule has 7 nitrogen and oxygen atoms in total. The Kier molecular flexibility index (Phi) is 17.3. The molecule has 0 aliphatic heterocycles. The largest absolute Gasteiger partial charge is 0.496 e. The predicted octanol–water partition coefficient (Wildman–Crippen LogP) is 6.63. The van der Waals surface area contributed by atoms with Crippen molar-refractivity contribution in [3.63, 3.8) is 0 Å². The Morgan fingerprint density at radius 1 is 1.24 bits per heavy atom. The van der Waals surface area contributed by atoms with Crippen LogP contribution in [0.15, 0.2) is 35.4 Å². The molecule has 0 fully saturated rings. The second-order valence-corrected chi connectivity index (χ2v) is 6.69. The number of halogens is 2. The highest BCUT2D eigenvalue weighted by Gasteiger charge is 2.22. The van der Waals surface area contributed by atoms with Crippen LogP contribution >= 0.6 is 11.6 Å². The van der Waals surface area contributed by atoms with Crippen molar-refractivity contribution >= 4 is 28.8 Å². The second kappa shape index (κ2) is 17.7. The van der Waals surface area contributed by atoms with Gasteiger partial charge in [-0.05, 0) is 31.0 Å². The summed E-state index contributed by atoms with van der Waals surface area (Å²) in [6.07, 6.45) is 1.04. The summed E-state index contributed by atoms with van der Waals surface area (Å²) in [6.45, 7) is 12.1. The zero-order chi connectivity index (χ0) is 26.1. The molecule has 0 bridgehead atoms. The average molecular weight is 484 g/mol. The van der Waals surface area contributed by atoms with Crippen molar-refractivity contribution in [1.82, 2.24) is 5.01 Å². The molecule has 33 heavy (non-hydrogen) atoms. The zero-order valence-electron chi connectivity index (χ0n) is 21.2. The van der Waals surface area contributed by atoms with Gasteiger partial charge in [-0.2, -0.15) is 5.10 Å². The number of ether oxygens (including phenoxy) is 1.